The summed E-state index contributed by atoms with van der Waals surface area (Å²) in [5.74, 6) is 0.446. The highest BCUT2D eigenvalue weighted by Crippen LogP contribution is 2.14. The van der Waals surface area contributed by atoms with Gasteiger partial charge >= 0.3 is 0 Å². The van der Waals surface area contributed by atoms with Gasteiger partial charge in [-0.2, -0.15) is 5.26 Å². The molecule has 0 aliphatic rings. The summed E-state index contributed by atoms with van der Waals surface area (Å²) in [5, 5.41) is 11.8. The molecule has 0 spiro atoms. The van der Waals surface area contributed by atoms with Gasteiger partial charge in [-0.3, -0.25) is 9.36 Å². The minimum absolute atomic E-state index is 0.171. The summed E-state index contributed by atoms with van der Waals surface area (Å²) in [6.07, 6.45) is 6.64. The summed E-state index contributed by atoms with van der Waals surface area (Å²) >= 11 is 0. The maximum atomic E-state index is 12.5. The normalized spacial score (nSPS) is 11.5. The van der Waals surface area contributed by atoms with Crippen molar-refractivity contribution in [3.8, 4) is 11.9 Å². The maximum absolute atomic E-state index is 12.5. The molecule has 1 aromatic carbocycles. The van der Waals surface area contributed by atoms with Crippen molar-refractivity contribution in [2.45, 2.75) is 13.0 Å². The zero-order chi connectivity index (χ0) is 16.9. The number of hydrogen-bond acceptors (Lipinski definition) is 4. The number of rotatable bonds is 4. The summed E-state index contributed by atoms with van der Waals surface area (Å²) in [4.78, 5) is 20.7. The molecule has 1 unspecified atom stereocenters. The molecule has 3 rings (SSSR count). The van der Waals surface area contributed by atoms with Crippen molar-refractivity contribution in [3.63, 3.8) is 0 Å². The van der Waals surface area contributed by atoms with Crippen LogP contribution < -0.4 is 5.32 Å². The molecule has 1 N–H and O–H groups in total. The van der Waals surface area contributed by atoms with E-state index in [4.69, 9.17) is 5.26 Å². The first-order valence-corrected chi connectivity index (χ1v) is 7.42. The van der Waals surface area contributed by atoms with Crippen LogP contribution in [0.15, 0.2) is 61.3 Å². The molecule has 0 aliphatic heterocycles. The SMILES string of the molecule is CC(NC(=O)c1ccnc(-n2ccnc2)c1)c1ccc(C#N)cc1. The van der Waals surface area contributed by atoms with Gasteiger partial charge in [0.25, 0.3) is 5.91 Å². The Morgan fingerprint density at radius 3 is 2.71 bits per heavy atom. The molecule has 118 valence electrons. The predicted molar refractivity (Wildman–Crippen MR) is 88.4 cm³/mol. The van der Waals surface area contributed by atoms with Crippen LogP contribution in [0.4, 0.5) is 0 Å². The quantitative estimate of drug-likeness (QED) is 0.801. The lowest BCUT2D eigenvalue weighted by Crippen LogP contribution is -2.26. The van der Waals surface area contributed by atoms with Crippen LogP contribution in [0.5, 0.6) is 0 Å². The van der Waals surface area contributed by atoms with Gasteiger partial charge < -0.3 is 5.32 Å². The second-order valence-corrected chi connectivity index (χ2v) is 5.30. The van der Waals surface area contributed by atoms with Gasteiger partial charge in [-0.25, -0.2) is 9.97 Å². The Bertz CT molecular complexity index is 879. The van der Waals surface area contributed by atoms with Gasteiger partial charge in [0.2, 0.25) is 0 Å². The summed E-state index contributed by atoms with van der Waals surface area (Å²) in [5.41, 5.74) is 2.05. The number of nitriles is 1. The fourth-order valence-electron chi connectivity index (χ4n) is 2.31. The smallest absolute Gasteiger partial charge is 0.251 e. The van der Waals surface area contributed by atoms with E-state index < -0.39 is 0 Å². The molecule has 0 radical (unpaired) electrons. The number of nitrogens with one attached hydrogen (secondary N) is 1. The molecule has 0 fully saturated rings. The first-order chi connectivity index (χ1) is 11.7. The highest BCUT2D eigenvalue weighted by Gasteiger charge is 2.12. The first kappa shape index (κ1) is 15.4. The fraction of sp³-hybridized carbons (Fsp3) is 0.111. The standard InChI is InChI=1S/C18H15N5O/c1-13(15-4-2-14(11-19)3-5-15)22-18(24)16-6-7-21-17(10-16)23-9-8-20-12-23/h2-10,12-13H,1H3,(H,22,24). The topological polar surface area (TPSA) is 83.6 Å². The average Bonchev–Trinajstić information content (AvgIpc) is 3.16. The number of benzene rings is 1. The van der Waals surface area contributed by atoms with Crippen LogP contribution in [-0.2, 0) is 0 Å². The van der Waals surface area contributed by atoms with Crippen molar-refractivity contribution in [1.29, 1.82) is 5.26 Å². The van der Waals surface area contributed by atoms with Crippen molar-refractivity contribution in [2.75, 3.05) is 0 Å². The summed E-state index contributed by atoms with van der Waals surface area (Å²) in [7, 11) is 0. The zero-order valence-electron chi connectivity index (χ0n) is 13.0. The molecule has 1 amide bonds. The Morgan fingerprint density at radius 1 is 1.25 bits per heavy atom. The Balaban J connectivity index is 1.74. The Hall–Kier alpha value is -3.46. The van der Waals surface area contributed by atoms with Crippen LogP contribution in [-0.4, -0.2) is 20.4 Å². The van der Waals surface area contributed by atoms with E-state index in [1.54, 1.807) is 53.8 Å². The molecule has 6 nitrogen and oxygen atoms in total. The fourth-order valence-corrected chi connectivity index (χ4v) is 2.31. The predicted octanol–water partition coefficient (Wildman–Crippen LogP) is 2.63. The van der Waals surface area contributed by atoms with E-state index in [9.17, 15) is 4.79 Å². The number of carbonyl (C=O) groups excluding carboxylic acids is 1. The molecule has 0 saturated carbocycles. The van der Waals surface area contributed by atoms with Gasteiger partial charge in [-0.15, -0.1) is 0 Å². The van der Waals surface area contributed by atoms with E-state index >= 15 is 0 Å². The van der Waals surface area contributed by atoms with Gasteiger partial charge in [-0.05, 0) is 36.8 Å². The van der Waals surface area contributed by atoms with Crippen molar-refractivity contribution < 1.29 is 4.79 Å². The number of nitrogens with zero attached hydrogens (tertiary/aromatic N) is 4. The summed E-state index contributed by atoms with van der Waals surface area (Å²) in [6.45, 7) is 1.90. The highest BCUT2D eigenvalue weighted by molar-refractivity contribution is 5.94. The van der Waals surface area contributed by atoms with Crippen LogP contribution in [0.2, 0.25) is 0 Å². The van der Waals surface area contributed by atoms with Crippen LogP contribution in [0.1, 0.15) is 34.5 Å². The van der Waals surface area contributed by atoms with Gasteiger partial charge in [0.1, 0.15) is 12.1 Å². The number of amides is 1. The molecule has 0 bridgehead atoms. The molecule has 1 atom stereocenters. The maximum Gasteiger partial charge on any atom is 0.251 e. The lowest BCUT2D eigenvalue weighted by atomic mass is 10.1. The van der Waals surface area contributed by atoms with Crippen LogP contribution in [0.3, 0.4) is 0 Å². The van der Waals surface area contributed by atoms with Gasteiger partial charge in [-0.1, -0.05) is 12.1 Å². The van der Waals surface area contributed by atoms with E-state index in [2.05, 4.69) is 21.4 Å². The lowest BCUT2D eigenvalue weighted by molar-refractivity contribution is 0.0939. The highest BCUT2D eigenvalue weighted by atomic mass is 16.1. The number of imidazole rings is 1. The average molecular weight is 317 g/mol. The van der Waals surface area contributed by atoms with Gasteiger partial charge in [0.05, 0.1) is 17.7 Å². The van der Waals surface area contributed by atoms with E-state index in [-0.39, 0.29) is 11.9 Å². The van der Waals surface area contributed by atoms with Crippen molar-refractivity contribution in [3.05, 3.63) is 78.0 Å². The molecular weight excluding hydrogens is 302 g/mol. The summed E-state index contributed by atoms with van der Waals surface area (Å²) in [6, 6.07) is 12.4. The molecule has 0 saturated heterocycles. The Morgan fingerprint density at radius 2 is 2.04 bits per heavy atom. The first-order valence-electron chi connectivity index (χ1n) is 7.42. The van der Waals surface area contributed by atoms with Crippen LogP contribution in [0.25, 0.3) is 5.82 Å². The molecule has 0 aliphatic carbocycles. The van der Waals surface area contributed by atoms with Crippen molar-refractivity contribution in [2.24, 2.45) is 0 Å². The van der Waals surface area contributed by atoms with Gasteiger partial charge in [0.15, 0.2) is 0 Å². The Labute approximate surface area is 139 Å². The summed E-state index contributed by atoms with van der Waals surface area (Å²) < 4.78 is 1.74. The molecule has 2 aromatic heterocycles. The van der Waals surface area contributed by atoms with Crippen molar-refractivity contribution >= 4 is 5.91 Å². The molecule has 24 heavy (non-hydrogen) atoms. The number of carbonyl (C=O) groups is 1. The zero-order valence-corrected chi connectivity index (χ0v) is 13.0. The monoisotopic (exact) mass is 317 g/mol. The lowest BCUT2D eigenvalue weighted by Gasteiger charge is -2.14. The molecular formula is C18H15N5O. The molecule has 2 heterocycles. The third-order valence-electron chi connectivity index (χ3n) is 3.66. The van der Waals surface area contributed by atoms with Gasteiger partial charge in [0, 0.05) is 24.2 Å². The number of pyridine rings is 1. The Kier molecular flexibility index (Phi) is 4.34. The molecule has 6 heteroatoms. The van der Waals surface area contributed by atoms with E-state index in [0.29, 0.717) is 16.9 Å². The second-order valence-electron chi connectivity index (χ2n) is 5.30. The second kappa shape index (κ2) is 6.75. The van der Waals surface area contributed by atoms with E-state index in [1.807, 2.05) is 19.1 Å². The van der Waals surface area contributed by atoms with Crippen LogP contribution >= 0.6 is 0 Å². The minimum Gasteiger partial charge on any atom is -0.346 e. The number of aromatic nitrogens is 3. The third-order valence-corrected chi connectivity index (χ3v) is 3.66. The van der Waals surface area contributed by atoms with Crippen molar-refractivity contribution in [1.82, 2.24) is 19.9 Å². The van der Waals surface area contributed by atoms with Crippen LogP contribution in [0, 0.1) is 11.3 Å². The minimum atomic E-state index is -0.185. The third kappa shape index (κ3) is 3.31. The molecule has 3 aromatic rings. The largest absolute Gasteiger partial charge is 0.346 e. The number of hydrogen-bond donors (Lipinski definition) is 1. The van der Waals surface area contributed by atoms with E-state index in [0.717, 1.165) is 5.56 Å². The van der Waals surface area contributed by atoms with E-state index in [1.165, 1.54) is 0 Å².